The van der Waals surface area contributed by atoms with Crippen LogP contribution in [0.2, 0.25) is 0 Å². The van der Waals surface area contributed by atoms with Crippen LogP contribution in [0.5, 0.6) is 5.75 Å². The van der Waals surface area contributed by atoms with Gasteiger partial charge in [-0.15, -0.1) is 0 Å². The molecular weight excluding hydrogens is 342 g/mol. The van der Waals surface area contributed by atoms with E-state index in [2.05, 4.69) is 5.32 Å². The fourth-order valence-electron chi connectivity index (χ4n) is 3.01. The fraction of sp³-hybridized carbons (Fsp3) is 0.190. The third-order valence-electron chi connectivity index (χ3n) is 4.18. The van der Waals surface area contributed by atoms with E-state index in [0.717, 1.165) is 39.0 Å². The lowest BCUT2D eigenvalue weighted by atomic mass is 10.0. The highest BCUT2D eigenvalue weighted by Gasteiger charge is 2.12. The number of hydrogen-bond donors (Lipinski definition) is 2. The van der Waals surface area contributed by atoms with Crippen LogP contribution in [0.4, 0.5) is 5.69 Å². The number of rotatable bonds is 5. The van der Waals surface area contributed by atoms with Crippen LogP contribution in [-0.4, -0.2) is 23.4 Å². The van der Waals surface area contributed by atoms with E-state index in [4.69, 9.17) is 15.5 Å². The molecule has 0 bridgehead atoms. The molecule has 1 heterocycles. The van der Waals surface area contributed by atoms with Crippen molar-refractivity contribution in [3.8, 4) is 17.0 Å². The molecule has 6 heteroatoms. The number of carbonyl (C=O) groups is 2. The van der Waals surface area contributed by atoms with Gasteiger partial charge in [0.2, 0.25) is 5.91 Å². The first kappa shape index (κ1) is 18.4. The second kappa shape index (κ2) is 7.45. The molecular formula is C21H21N3O3. The first-order chi connectivity index (χ1) is 12.8. The number of primary amides is 1. The molecule has 0 fully saturated rings. The molecule has 0 radical (unpaired) electrons. The van der Waals surface area contributed by atoms with Crippen molar-refractivity contribution in [3.05, 3.63) is 53.6 Å². The molecule has 0 aliphatic heterocycles. The van der Waals surface area contributed by atoms with Gasteiger partial charge in [-0.2, -0.15) is 0 Å². The summed E-state index contributed by atoms with van der Waals surface area (Å²) < 4.78 is 5.38. The lowest BCUT2D eigenvalue weighted by Gasteiger charge is -2.14. The number of aryl methyl sites for hydroxylation is 2. The van der Waals surface area contributed by atoms with E-state index in [0.29, 0.717) is 5.75 Å². The van der Waals surface area contributed by atoms with Crippen molar-refractivity contribution in [2.75, 3.05) is 11.9 Å². The van der Waals surface area contributed by atoms with Crippen molar-refractivity contribution in [1.82, 2.24) is 4.98 Å². The van der Waals surface area contributed by atoms with Crippen molar-refractivity contribution >= 4 is 28.4 Å². The molecule has 3 aromatic rings. The Morgan fingerprint density at radius 1 is 1.11 bits per heavy atom. The molecule has 3 rings (SSSR count). The maximum Gasteiger partial charge on any atom is 0.255 e. The number of ether oxygens (including phenoxy) is 1. The molecule has 2 amide bonds. The standard InChI is InChI=1S/C21H21N3O3/c1-12-7-8-17(23-14(3)25)20-13(2)9-18(24-21(12)20)15-5-4-6-16(10-15)27-11-19(22)26/h4-10H,11H2,1-3H3,(H2,22,26)(H,23,25). The Hall–Kier alpha value is -3.41. The van der Waals surface area contributed by atoms with Gasteiger partial charge in [0.15, 0.2) is 6.61 Å². The highest BCUT2D eigenvalue weighted by molar-refractivity contribution is 6.03. The molecule has 0 aliphatic carbocycles. The molecule has 0 atom stereocenters. The Morgan fingerprint density at radius 2 is 1.89 bits per heavy atom. The molecule has 0 saturated carbocycles. The number of pyridine rings is 1. The van der Waals surface area contributed by atoms with Crippen LogP contribution in [0.1, 0.15) is 18.1 Å². The summed E-state index contributed by atoms with van der Waals surface area (Å²) in [6.07, 6.45) is 0. The average molecular weight is 363 g/mol. The molecule has 0 unspecified atom stereocenters. The predicted octanol–water partition coefficient (Wildman–Crippen LogP) is 3.34. The van der Waals surface area contributed by atoms with Gasteiger partial charge in [-0.25, -0.2) is 4.98 Å². The summed E-state index contributed by atoms with van der Waals surface area (Å²) in [4.78, 5) is 27.2. The first-order valence-electron chi connectivity index (χ1n) is 8.55. The zero-order valence-corrected chi connectivity index (χ0v) is 15.5. The smallest absolute Gasteiger partial charge is 0.255 e. The number of anilines is 1. The van der Waals surface area contributed by atoms with Crippen molar-refractivity contribution in [2.45, 2.75) is 20.8 Å². The van der Waals surface area contributed by atoms with Gasteiger partial charge >= 0.3 is 0 Å². The highest BCUT2D eigenvalue weighted by Crippen LogP contribution is 2.32. The van der Waals surface area contributed by atoms with Crippen molar-refractivity contribution in [3.63, 3.8) is 0 Å². The third kappa shape index (κ3) is 4.06. The number of hydrogen-bond acceptors (Lipinski definition) is 4. The maximum atomic E-state index is 11.5. The number of aromatic nitrogens is 1. The lowest BCUT2D eigenvalue weighted by molar-refractivity contribution is -0.120. The van der Waals surface area contributed by atoms with Crippen LogP contribution in [-0.2, 0) is 9.59 Å². The predicted molar refractivity (Wildman–Crippen MR) is 106 cm³/mol. The minimum Gasteiger partial charge on any atom is -0.484 e. The number of nitrogens with zero attached hydrogens (tertiary/aromatic N) is 1. The van der Waals surface area contributed by atoms with Gasteiger partial charge in [-0.3, -0.25) is 9.59 Å². The highest BCUT2D eigenvalue weighted by atomic mass is 16.5. The van der Waals surface area contributed by atoms with Gasteiger partial charge in [0.25, 0.3) is 5.91 Å². The number of nitrogens with two attached hydrogens (primary N) is 1. The van der Waals surface area contributed by atoms with Crippen LogP contribution in [0.3, 0.4) is 0 Å². The Kier molecular flexibility index (Phi) is 5.07. The molecule has 0 saturated heterocycles. The SMILES string of the molecule is CC(=O)Nc1ccc(C)c2nc(-c3cccc(OCC(N)=O)c3)cc(C)c12. The Balaban J connectivity index is 2.09. The Bertz CT molecular complexity index is 1040. The molecule has 0 spiro atoms. The second-order valence-electron chi connectivity index (χ2n) is 6.44. The monoisotopic (exact) mass is 363 g/mol. The molecule has 1 aromatic heterocycles. The summed E-state index contributed by atoms with van der Waals surface area (Å²) in [5.74, 6) is -0.0984. The molecule has 2 aromatic carbocycles. The normalized spacial score (nSPS) is 10.6. The number of fused-ring (bicyclic) bond motifs is 1. The van der Waals surface area contributed by atoms with Gasteiger partial charge in [-0.1, -0.05) is 18.2 Å². The lowest BCUT2D eigenvalue weighted by Crippen LogP contribution is -2.19. The summed E-state index contributed by atoms with van der Waals surface area (Å²) in [7, 11) is 0. The van der Waals surface area contributed by atoms with Crippen molar-refractivity contribution in [2.24, 2.45) is 5.73 Å². The summed E-state index contributed by atoms with van der Waals surface area (Å²) >= 11 is 0. The van der Waals surface area contributed by atoms with E-state index in [-0.39, 0.29) is 12.5 Å². The van der Waals surface area contributed by atoms with E-state index in [9.17, 15) is 9.59 Å². The van der Waals surface area contributed by atoms with Gasteiger partial charge in [-0.05, 0) is 49.2 Å². The first-order valence-corrected chi connectivity index (χ1v) is 8.55. The molecule has 138 valence electrons. The third-order valence-corrected chi connectivity index (χ3v) is 4.18. The van der Waals surface area contributed by atoms with Crippen LogP contribution in [0.25, 0.3) is 22.2 Å². The van der Waals surface area contributed by atoms with Crippen LogP contribution >= 0.6 is 0 Å². The van der Waals surface area contributed by atoms with Crippen LogP contribution in [0, 0.1) is 13.8 Å². The minimum atomic E-state index is -0.527. The number of amides is 2. The van der Waals surface area contributed by atoms with E-state index < -0.39 is 5.91 Å². The number of benzene rings is 2. The molecule has 3 N–H and O–H groups in total. The summed E-state index contributed by atoms with van der Waals surface area (Å²) in [6, 6.07) is 13.2. The molecule has 0 aliphatic rings. The number of carbonyl (C=O) groups excluding carboxylic acids is 2. The zero-order valence-electron chi connectivity index (χ0n) is 15.5. The van der Waals surface area contributed by atoms with Gasteiger partial charge < -0.3 is 15.8 Å². The Labute approximate surface area is 157 Å². The molecule has 6 nitrogen and oxygen atoms in total. The van der Waals surface area contributed by atoms with E-state index >= 15 is 0 Å². The largest absolute Gasteiger partial charge is 0.484 e. The quantitative estimate of drug-likeness (QED) is 0.727. The fourth-order valence-corrected chi connectivity index (χ4v) is 3.01. The van der Waals surface area contributed by atoms with Crippen LogP contribution < -0.4 is 15.8 Å². The Morgan fingerprint density at radius 3 is 2.59 bits per heavy atom. The van der Waals surface area contributed by atoms with Crippen LogP contribution in [0.15, 0.2) is 42.5 Å². The topological polar surface area (TPSA) is 94.3 Å². The average Bonchev–Trinajstić information content (AvgIpc) is 2.62. The summed E-state index contributed by atoms with van der Waals surface area (Å²) in [5, 5.41) is 3.79. The minimum absolute atomic E-state index is 0.122. The van der Waals surface area contributed by atoms with E-state index in [1.54, 1.807) is 6.07 Å². The van der Waals surface area contributed by atoms with Crippen molar-refractivity contribution in [1.29, 1.82) is 0 Å². The summed E-state index contributed by atoms with van der Waals surface area (Å²) in [5.41, 5.74) is 10.4. The second-order valence-corrected chi connectivity index (χ2v) is 6.44. The summed E-state index contributed by atoms with van der Waals surface area (Å²) in [6.45, 7) is 5.29. The zero-order chi connectivity index (χ0) is 19.6. The van der Waals surface area contributed by atoms with Crippen molar-refractivity contribution < 1.29 is 14.3 Å². The van der Waals surface area contributed by atoms with Gasteiger partial charge in [0.1, 0.15) is 5.75 Å². The van der Waals surface area contributed by atoms with Gasteiger partial charge in [0.05, 0.1) is 16.9 Å². The molecule has 27 heavy (non-hydrogen) atoms. The van der Waals surface area contributed by atoms with Gasteiger partial charge in [0, 0.05) is 17.9 Å². The van der Waals surface area contributed by atoms with E-state index in [1.807, 2.05) is 50.2 Å². The number of nitrogens with one attached hydrogen (secondary N) is 1. The van der Waals surface area contributed by atoms with E-state index in [1.165, 1.54) is 6.92 Å². The maximum absolute atomic E-state index is 11.5.